The summed E-state index contributed by atoms with van der Waals surface area (Å²) in [4.78, 5) is 14.5. The Bertz CT molecular complexity index is 1100. The lowest BCUT2D eigenvalue weighted by molar-refractivity contribution is -0.118. The van der Waals surface area contributed by atoms with Crippen LogP contribution in [0.4, 0.5) is 17.1 Å². The molecule has 0 saturated carbocycles. The summed E-state index contributed by atoms with van der Waals surface area (Å²) in [5.41, 5.74) is 1.92. The van der Waals surface area contributed by atoms with E-state index >= 15 is 0 Å². The number of nitrogens with one attached hydrogen (secondary N) is 1. The summed E-state index contributed by atoms with van der Waals surface area (Å²) in [5.74, 6) is -0.129. The van der Waals surface area contributed by atoms with E-state index in [0.29, 0.717) is 11.4 Å². The number of likely N-dealkylation sites (N-methyl/N-ethyl adjacent to an activating group) is 1. The molecule has 0 fully saturated rings. The first-order valence-electron chi connectivity index (χ1n) is 9.54. The zero-order chi connectivity index (χ0) is 21.7. The van der Waals surface area contributed by atoms with Crippen molar-refractivity contribution in [3.8, 4) is 0 Å². The molecule has 0 spiro atoms. The number of sulfonamides is 1. The van der Waals surface area contributed by atoms with Gasteiger partial charge in [0.1, 0.15) is 6.04 Å². The maximum atomic E-state index is 13.0. The average molecular weight is 424 g/mol. The van der Waals surface area contributed by atoms with Gasteiger partial charge >= 0.3 is 0 Å². The molecule has 0 saturated heterocycles. The molecule has 3 aromatic rings. The van der Waals surface area contributed by atoms with Crippen LogP contribution in [0.3, 0.4) is 0 Å². The molecule has 7 heteroatoms. The standard InChI is InChI=1S/C23H25N3O3S/c1-18(23(27)25(2)20-12-6-4-7-13-20)24-19-11-10-16-22(17-19)30(28,29)26(3)21-14-8-5-9-15-21/h4-18,24H,1-3H3/t18-/m1/s1. The average Bonchev–Trinajstić information content (AvgIpc) is 2.78. The minimum atomic E-state index is -3.73. The van der Waals surface area contributed by atoms with Gasteiger partial charge in [-0.3, -0.25) is 9.10 Å². The Balaban J connectivity index is 1.77. The van der Waals surface area contributed by atoms with Gasteiger partial charge in [0.15, 0.2) is 0 Å². The van der Waals surface area contributed by atoms with E-state index in [9.17, 15) is 13.2 Å². The number of anilines is 3. The molecule has 0 aromatic heterocycles. The quantitative estimate of drug-likeness (QED) is 0.624. The molecule has 0 aliphatic carbocycles. The van der Waals surface area contributed by atoms with E-state index in [1.807, 2.05) is 36.4 Å². The number of rotatable bonds is 7. The van der Waals surface area contributed by atoms with E-state index in [-0.39, 0.29) is 10.8 Å². The molecule has 1 atom stereocenters. The predicted molar refractivity (Wildman–Crippen MR) is 121 cm³/mol. The van der Waals surface area contributed by atoms with Gasteiger partial charge in [-0.2, -0.15) is 0 Å². The van der Waals surface area contributed by atoms with Crippen molar-refractivity contribution in [3.05, 3.63) is 84.9 Å². The van der Waals surface area contributed by atoms with Crippen molar-refractivity contribution >= 4 is 33.0 Å². The molecule has 3 aromatic carbocycles. The third kappa shape index (κ3) is 4.63. The first-order chi connectivity index (χ1) is 14.3. The van der Waals surface area contributed by atoms with Crippen molar-refractivity contribution < 1.29 is 13.2 Å². The highest BCUT2D eigenvalue weighted by atomic mass is 32.2. The fraction of sp³-hybridized carbons (Fsp3) is 0.174. The molecule has 30 heavy (non-hydrogen) atoms. The molecule has 0 unspecified atom stereocenters. The second kappa shape index (κ2) is 9.00. The van der Waals surface area contributed by atoms with Gasteiger partial charge in [-0.25, -0.2) is 8.42 Å². The molecule has 0 heterocycles. The topological polar surface area (TPSA) is 69.7 Å². The number of benzene rings is 3. The lowest BCUT2D eigenvalue weighted by Gasteiger charge is -2.23. The van der Waals surface area contributed by atoms with Crippen molar-refractivity contribution in [1.82, 2.24) is 0 Å². The summed E-state index contributed by atoms with van der Waals surface area (Å²) in [6.45, 7) is 1.75. The number of para-hydroxylation sites is 2. The minimum Gasteiger partial charge on any atom is -0.374 e. The summed E-state index contributed by atoms with van der Waals surface area (Å²) in [6, 6.07) is 24.2. The van der Waals surface area contributed by atoms with E-state index in [0.717, 1.165) is 5.69 Å². The number of hydrogen-bond donors (Lipinski definition) is 1. The highest BCUT2D eigenvalue weighted by Crippen LogP contribution is 2.24. The van der Waals surface area contributed by atoms with Crippen LogP contribution < -0.4 is 14.5 Å². The van der Waals surface area contributed by atoms with Gasteiger partial charge in [-0.05, 0) is 49.4 Å². The first-order valence-corrected chi connectivity index (χ1v) is 11.0. The Hall–Kier alpha value is -3.32. The van der Waals surface area contributed by atoms with Crippen LogP contribution in [-0.4, -0.2) is 34.5 Å². The molecule has 0 bridgehead atoms. The Kier molecular flexibility index (Phi) is 6.42. The number of amides is 1. The third-order valence-electron chi connectivity index (χ3n) is 4.84. The van der Waals surface area contributed by atoms with E-state index in [1.54, 1.807) is 67.4 Å². The molecule has 6 nitrogen and oxygen atoms in total. The van der Waals surface area contributed by atoms with Crippen LogP contribution in [0.5, 0.6) is 0 Å². The van der Waals surface area contributed by atoms with Gasteiger partial charge < -0.3 is 10.2 Å². The van der Waals surface area contributed by atoms with Gasteiger partial charge in [0.2, 0.25) is 5.91 Å². The maximum absolute atomic E-state index is 13.0. The number of nitrogens with zero attached hydrogens (tertiary/aromatic N) is 2. The van der Waals surface area contributed by atoms with Crippen LogP contribution in [0, 0.1) is 0 Å². The van der Waals surface area contributed by atoms with Crippen LogP contribution in [0.2, 0.25) is 0 Å². The first kappa shape index (κ1) is 21.4. The lowest BCUT2D eigenvalue weighted by atomic mass is 10.2. The number of hydrogen-bond acceptors (Lipinski definition) is 4. The van der Waals surface area contributed by atoms with E-state index in [4.69, 9.17) is 0 Å². The Morgan fingerprint density at radius 1 is 0.833 bits per heavy atom. The zero-order valence-corrected chi connectivity index (χ0v) is 18.0. The molecule has 3 rings (SSSR count). The molecule has 1 amide bonds. The van der Waals surface area contributed by atoms with Crippen LogP contribution in [0.15, 0.2) is 89.8 Å². The van der Waals surface area contributed by atoms with Crippen LogP contribution in [-0.2, 0) is 14.8 Å². The number of carbonyl (C=O) groups is 1. The summed E-state index contributed by atoms with van der Waals surface area (Å²) in [5, 5.41) is 3.11. The largest absolute Gasteiger partial charge is 0.374 e. The summed E-state index contributed by atoms with van der Waals surface area (Å²) < 4.78 is 27.3. The highest BCUT2D eigenvalue weighted by Gasteiger charge is 2.23. The fourth-order valence-corrected chi connectivity index (χ4v) is 4.30. The SMILES string of the molecule is C[C@@H](Nc1cccc(S(=O)(=O)N(C)c2ccccc2)c1)C(=O)N(C)c1ccccc1. The monoisotopic (exact) mass is 423 g/mol. The van der Waals surface area contributed by atoms with Crippen molar-refractivity contribution in [3.63, 3.8) is 0 Å². The second-order valence-corrected chi connectivity index (χ2v) is 8.90. The lowest BCUT2D eigenvalue weighted by Crippen LogP contribution is -2.39. The Morgan fingerprint density at radius 3 is 2.00 bits per heavy atom. The van der Waals surface area contributed by atoms with E-state index in [1.165, 1.54) is 11.4 Å². The summed E-state index contributed by atoms with van der Waals surface area (Å²) in [6.07, 6.45) is 0. The molecule has 0 aliphatic heterocycles. The third-order valence-corrected chi connectivity index (χ3v) is 6.62. The van der Waals surface area contributed by atoms with Gasteiger partial charge in [-0.15, -0.1) is 0 Å². The molecular formula is C23H25N3O3S. The summed E-state index contributed by atoms with van der Waals surface area (Å²) >= 11 is 0. The maximum Gasteiger partial charge on any atom is 0.264 e. The van der Waals surface area contributed by atoms with Gasteiger partial charge in [0, 0.05) is 25.5 Å². The van der Waals surface area contributed by atoms with E-state index in [2.05, 4.69) is 5.32 Å². The Labute approximate surface area is 177 Å². The predicted octanol–water partition coefficient (Wildman–Crippen LogP) is 3.98. The second-order valence-electron chi connectivity index (χ2n) is 6.93. The van der Waals surface area contributed by atoms with Crippen molar-refractivity contribution in [2.24, 2.45) is 0 Å². The van der Waals surface area contributed by atoms with E-state index < -0.39 is 16.1 Å². The minimum absolute atomic E-state index is 0.129. The molecule has 0 aliphatic rings. The van der Waals surface area contributed by atoms with Gasteiger partial charge in [-0.1, -0.05) is 42.5 Å². The van der Waals surface area contributed by atoms with Gasteiger partial charge in [0.25, 0.3) is 10.0 Å². The van der Waals surface area contributed by atoms with Crippen molar-refractivity contribution in [1.29, 1.82) is 0 Å². The highest BCUT2D eigenvalue weighted by molar-refractivity contribution is 7.92. The van der Waals surface area contributed by atoms with Crippen LogP contribution in [0.1, 0.15) is 6.92 Å². The summed E-state index contributed by atoms with van der Waals surface area (Å²) in [7, 11) is -0.498. The smallest absolute Gasteiger partial charge is 0.264 e. The van der Waals surface area contributed by atoms with Crippen molar-refractivity contribution in [2.75, 3.05) is 28.6 Å². The number of carbonyl (C=O) groups excluding carboxylic acids is 1. The van der Waals surface area contributed by atoms with Crippen molar-refractivity contribution in [2.45, 2.75) is 17.9 Å². The van der Waals surface area contributed by atoms with Gasteiger partial charge in [0.05, 0.1) is 10.6 Å². The fourth-order valence-electron chi connectivity index (χ4n) is 3.06. The molecule has 1 N–H and O–H groups in total. The molecule has 0 radical (unpaired) electrons. The normalized spacial score (nSPS) is 12.1. The van der Waals surface area contributed by atoms with Crippen LogP contribution in [0.25, 0.3) is 0 Å². The Morgan fingerprint density at radius 2 is 1.40 bits per heavy atom. The van der Waals surface area contributed by atoms with Crippen LogP contribution >= 0.6 is 0 Å². The molecular weight excluding hydrogens is 398 g/mol. The molecule has 156 valence electrons. The zero-order valence-electron chi connectivity index (χ0n) is 17.2.